The molecule has 1 atom stereocenters. The minimum absolute atomic E-state index is 0.0656. The molecule has 0 saturated heterocycles. The van der Waals surface area contributed by atoms with Crippen molar-refractivity contribution in [2.24, 2.45) is 0 Å². The maximum absolute atomic E-state index is 13.1. The molecule has 2 aromatic carbocycles. The molecule has 0 aliphatic heterocycles. The highest BCUT2D eigenvalue weighted by molar-refractivity contribution is 7.85. The fourth-order valence-corrected chi connectivity index (χ4v) is 3.59. The van der Waals surface area contributed by atoms with Gasteiger partial charge in [0.05, 0.1) is 19.0 Å². The van der Waals surface area contributed by atoms with Crippen LogP contribution in [0.4, 0.5) is 0 Å². The molecule has 0 fully saturated rings. The highest BCUT2D eigenvalue weighted by Crippen LogP contribution is 2.32. The number of carbonyl (C=O) groups excluding carboxylic acids is 2. The van der Waals surface area contributed by atoms with Gasteiger partial charge < -0.3 is 14.8 Å². The first-order valence-electron chi connectivity index (χ1n) is 10.5. The van der Waals surface area contributed by atoms with Gasteiger partial charge in [-0.25, -0.2) is 4.79 Å². The van der Waals surface area contributed by atoms with Gasteiger partial charge in [0, 0.05) is 11.1 Å². The lowest BCUT2D eigenvalue weighted by molar-refractivity contribution is -0.145. The van der Waals surface area contributed by atoms with Crippen LogP contribution in [0.1, 0.15) is 43.5 Å². The Morgan fingerprint density at radius 3 is 2.34 bits per heavy atom. The fraction of sp³-hybridized carbons (Fsp3) is 0.391. The molecule has 8 nitrogen and oxygen atoms in total. The summed E-state index contributed by atoms with van der Waals surface area (Å²) in [7, 11) is -4.31. The van der Waals surface area contributed by atoms with E-state index in [4.69, 9.17) is 14.0 Å². The quantitative estimate of drug-likeness (QED) is 0.281. The number of nitrogens with one attached hydrogen (secondary N) is 1. The predicted molar refractivity (Wildman–Crippen MR) is 121 cm³/mol. The van der Waals surface area contributed by atoms with Gasteiger partial charge in [0.15, 0.2) is 0 Å². The molecule has 9 heteroatoms. The average molecular weight is 464 g/mol. The zero-order valence-corrected chi connectivity index (χ0v) is 19.1. The molecule has 2 aromatic rings. The van der Waals surface area contributed by atoms with Crippen molar-refractivity contribution >= 4 is 22.0 Å². The minimum Gasteiger partial charge on any atom is -0.493 e. The Morgan fingerprint density at radius 2 is 1.69 bits per heavy atom. The van der Waals surface area contributed by atoms with Crippen molar-refractivity contribution in [1.82, 2.24) is 5.32 Å². The van der Waals surface area contributed by atoms with Gasteiger partial charge >= 0.3 is 5.97 Å². The Kier molecular flexibility index (Phi) is 9.67. The van der Waals surface area contributed by atoms with E-state index >= 15 is 0 Å². The van der Waals surface area contributed by atoms with Crippen molar-refractivity contribution in [1.29, 1.82) is 0 Å². The number of esters is 1. The molecule has 0 saturated carbocycles. The zero-order chi connectivity index (χ0) is 23.6. The Bertz CT molecular complexity index is 1020. The molecular formula is C23H29NO7S. The lowest BCUT2D eigenvalue weighted by Crippen LogP contribution is -2.43. The monoisotopic (exact) mass is 463 g/mol. The number of unbranched alkanes of at least 4 members (excludes halogenated alkanes) is 1. The van der Waals surface area contributed by atoms with Crippen LogP contribution in [0.2, 0.25) is 0 Å². The summed E-state index contributed by atoms with van der Waals surface area (Å²) in [4.78, 5) is 25.3. The molecular weight excluding hydrogens is 434 g/mol. The lowest BCUT2D eigenvalue weighted by Gasteiger charge is -2.19. The largest absolute Gasteiger partial charge is 0.493 e. The van der Waals surface area contributed by atoms with E-state index in [1.165, 1.54) is 0 Å². The van der Waals surface area contributed by atoms with Crippen molar-refractivity contribution < 1.29 is 32.0 Å². The van der Waals surface area contributed by atoms with Gasteiger partial charge in [-0.05, 0) is 37.5 Å². The molecule has 0 aliphatic rings. The summed E-state index contributed by atoms with van der Waals surface area (Å²) in [5.74, 6) is -1.40. The standard InChI is InChI=1S/C23H29NO7S/c1-3-5-15-31-21-13-9-8-11-18(21)17-10-6-7-12-19(17)22(25)24-20(23(26)30-4-2)14-16-32(27,28)29/h6-13,20H,3-5,14-16H2,1-2H3,(H,24,25)(H,27,28,29)/t20-/m0/s1. The molecule has 2 N–H and O–H groups in total. The van der Waals surface area contributed by atoms with Gasteiger partial charge in [0.2, 0.25) is 0 Å². The fourth-order valence-electron chi connectivity index (χ4n) is 3.05. The molecule has 0 unspecified atom stereocenters. The number of para-hydroxylation sites is 1. The predicted octanol–water partition coefficient (Wildman–Crippen LogP) is 3.47. The molecule has 174 valence electrons. The van der Waals surface area contributed by atoms with E-state index in [1.807, 2.05) is 24.3 Å². The number of benzene rings is 2. The average Bonchev–Trinajstić information content (AvgIpc) is 2.76. The number of hydrogen-bond donors (Lipinski definition) is 2. The summed E-state index contributed by atoms with van der Waals surface area (Å²) in [6, 6.07) is 13.0. The Hall–Kier alpha value is -2.91. The van der Waals surface area contributed by atoms with E-state index in [0.29, 0.717) is 23.5 Å². The second-order valence-corrected chi connectivity index (χ2v) is 8.67. The molecule has 32 heavy (non-hydrogen) atoms. The molecule has 0 radical (unpaired) electrons. The molecule has 2 rings (SSSR count). The van der Waals surface area contributed by atoms with Crippen LogP contribution in [-0.4, -0.2) is 49.9 Å². The van der Waals surface area contributed by atoms with E-state index < -0.39 is 33.8 Å². The van der Waals surface area contributed by atoms with Gasteiger partial charge in [-0.1, -0.05) is 49.7 Å². The second kappa shape index (κ2) is 12.2. The third-order valence-corrected chi connectivity index (χ3v) is 5.40. The molecule has 0 heterocycles. The summed E-state index contributed by atoms with van der Waals surface area (Å²) < 4.78 is 42.1. The van der Waals surface area contributed by atoms with Crippen molar-refractivity contribution in [3.05, 3.63) is 54.1 Å². The maximum atomic E-state index is 13.1. The van der Waals surface area contributed by atoms with Crippen molar-refractivity contribution in [2.75, 3.05) is 19.0 Å². The molecule has 0 spiro atoms. The highest BCUT2D eigenvalue weighted by atomic mass is 32.2. The zero-order valence-electron chi connectivity index (χ0n) is 18.2. The topological polar surface area (TPSA) is 119 Å². The first-order valence-corrected chi connectivity index (χ1v) is 12.1. The first kappa shape index (κ1) is 25.4. The molecule has 0 aromatic heterocycles. The Morgan fingerprint density at radius 1 is 1.03 bits per heavy atom. The van der Waals surface area contributed by atoms with Crippen LogP contribution >= 0.6 is 0 Å². The Balaban J connectivity index is 2.32. The summed E-state index contributed by atoms with van der Waals surface area (Å²) in [5.41, 5.74) is 1.62. The van der Waals surface area contributed by atoms with Gasteiger partial charge in [0.1, 0.15) is 11.8 Å². The highest BCUT2D eigenvalue weighted by Gasteiger charge is 2.26. The minimum atomic E-state index is -4.31. The number of amides is 1. The van der Waals surface area contributed by atoms with E-state index in [1.54, 1.807) is 31.2 Å². The van der Waals surface area contributed by atoms with Gasteiger partial charge in [-0.3, -0.25) is 9.35 Å². The second-order valence-electron chi connectivity index (χ2n) is 7.10. The lowest BCUT2D eigenvalue weighted by atomic mass is 9.98. The normalized spacial score (nSPS) is 12.1. The number of ether oxygens (including phenoxy) is 2. The summed E-state index contributed by atoms with van der Waals surface area (Å²) in [5, 5.41) is 2.54. The number of carbonyl (C=O) groups is 2. The third kappa shape index (κ3) is 7.65. The van der Waals surface area contributed by atoms with E-state index in [9.17, 15) is 18.0 Å². The number of rotatable bonds is 12. The van der Waals surface area contributed by atoms with Crippen LogP contribution < -0.4 is 10.1 Å². The van der Waals surface area contributed by atoms with Crippen LogP contribution in [0.15, 0.2) is 48.5 Å². The third-order valence-electron chi connectivity index (χ3n) is 4.65. The SMILES string of the molecule is CCCCOc1ccccc1-c1ccccc1C(=O)N[C@@H](CCS(=O)(=O)O)C(=O)OCC. The molecule has 1 amide bonds. The van der Waals surface area contributed by atoms with E-state index in [0.717, 1.165) is 18.4 Å². The molecule has 0 aliphatic carbocycles. The van der Waals surface area contributed by atoms with Crippen molar-refractivity contribution in [3.63, 3.8) is 0 Å². The van der Waals surface area contributed by atoms with Crippen LogP contribution in [-0.2, 0) is 19.6 Å². The van der Waals surface area contributed by atoms with Crippen LogP contribution in [0, 0.1) is 0 Å². The Labute approximate surface area is 188 Å². The summed E-state index contributed by atoms with van der Waals surface area (Å²) in [6.07, 6.45) is 1.56. The van der Waals surface area contributed by atoms with Crippen molar-refractivity contribution in [2.45, 2.75) is 39.2 Å². The first-order chi connectivity index (χ1) is 15.3. The number of hydrogen-bond acceptors (Lipinski definition) is 6. The van der Waals surface area contributed by atoms with Crippen molar-refractivity contribution in [3.8, 4) is 16.9 Å². The van der Waals surface area contributed by atoms with Crippen LogP contribution in [0.5, 0.6) is 5.75 Å². The van der Waals surface area contributed by atoms with Crippen LogP contribution in [0.3, 0.4) is 0 Å². The van der Waals surface area contributed by atoms with Gasteiger partial charge in [0.25, 0.3) is 16.0 Å². The van der Waals surface area contributed by atoms with E-state index in [-0.39, 0.29) is 13.0 Å². The van der Waals surface area contributed by atoms with Gasteiger partial charge in [-0.15, -0.1) is 0 Å². The maximum Gasteiger partial charge on any atom is 0.328 e. The smallest absolute Gasteiger partial charge is 0.328 e. The van der Waals surface area contributed by atoms with Gasteiger partial charge in [-0.2, -0.15) is 8.42 Å². The summed E-state index contributed by atoms with van der Waals surface area (Å²) in [6.45, 7) is 4.28. The molecule has 0 bridgehead atoms. The summed E-state index contributed by atoms with van der Waals surface area (Å²) >= 11 is 0. The van der Waals surface area contributed by atoms with Crippen LogP contribution in [0.25, 0.3) is 11.1 Å². The van der Waals surface area contributed by atoms with E-state index in [2.05, 4.69) is 12.2 Å².